The molecular formula is C26H27F4N3O2. The summed E-state index contributed by atoms with van der Waals surface area (Å²) in [6.45, 7) is 4.57. The van der Waals surface area contributed by atoms with E-state index in [0.29, 0.717) is 57.1 Å². The van der Waals surface area contributed by atoms with Gasteiger partial charge in [0, 0.05) is 43.9 Å². The fourth-order valence-electron chi connectivity index (χ4n) is 5.28. The van der Waals surface area contributed by atoms with E-state index in [9.17, 15) is 22.4 Å². The topological polar surface area (TPSA) is 56.6 Å². The van der Waals surface area contributed by atoms with Gasteiger partial charge < -0.3 is 14.5 Å². The number of anilines is 1. The van der Waals surface area contributed by atoms with Crippen LogP contribution in [0.25, 0.3) is 0 Å². The van der Waals surface area contributed by atoms with Crippen molar-refractivity contribution >= 4 is 11.6 Å². The number of piperidine rings is 1. The van der Waals surface area contributed by atoms with Crippen molar-refractivity contribution in [1.29, 1.82) is 5.26 Å². The van der Waals surface area contributed by atoms with Crippen molar-refractivity contribution in [3.63, 3.8) is 0 Å². The van der Waals surface area contributed by atoms with E-state index in [-0.39, 0.29) is 18.2 Å². The average Bonchev–Trinajstić information content (AvgIpc) is 3.22. The van der Waals surface area contributed by atoms with Crippen LogP contribution in [-0.2, 0) is 22.1 Å². The van der Waals surface area contributed by atoms with Crippen LogP contribution in [0.4, 0.5) is 23.2 Å². The largest absolute Gasteiger partial charge is 0.417 e. The molecule has 1 amide bonds. The van der Waals surface area contributed by atoms with Gasteiger partial charge in [0.15, 0.2) is 0 Å². The molecule has 0 bridgehead atoms. The maximum atomic E-state index is 14.1. The van der Waals surface area contributed by atoms with Gasteiger partial charge in [-0.05, 0) is 49.1 Å². The third-order valence-corrected chi connectivity index (χ3v) is 7.11. The zero-order chi connectivity index (χ0) is 25.2. The van der Waals surface area contributed by atoms with E-state index in [4.69, 9.17) is 10.00 Å². The molecule has 0 spiro atoms. The predicted octanol–water partition coefficient (Wildman–Crippen LogP) is 4.65. The van der Waals surface area contributed by atoms with Crippen molar-refractivity contribution in [2.75, 3.05) is 44.3 Å². The third-order valence-electron chi connectivity index (χ3n) is 7.11. The third kappa shape index (κ3) is 5.13. The van der Waals surface area contributed by atoms with Crippen LogP contribution in [0.1, 0.15) is 30.0 Å². The van der Waals surface area contributed by atoms with Gasteiger partial charge in [0.1, 0.15) is 5.82 Å². The summed E-state index contributed by atoms with van der Waals surface area (Å²) in [6, 6.07) is 11.6. The van der Waals surface area contributed by atoms with Crippen molar-refractivity contribution in [3.8, 4) is 6.07 Å². The number of nitrogens with zero attached hydrogens (tertiary/aromatic N) is 3. The van der Waals surface area contributed by atoms with Gasteiger partial charge in [-0.15, -0.1) is 0 Å². The summed E-state index contributed by atoms with van der Waals surface area (Å²) in [5.41, 5.74) is -1.08. The van der Waals surface area contributed by atoms with Crippen molar-refractivity contribution in [1.82, 2.24) is 4.90 Å². The number of carbonyl (C=O) groups is 1. The molecule has 35 heavy (non-hydrogen) atoms. The Hall–Kier alpha value is -3.12. The fourth-order valence-corrected chi connectivity index (χ4v) is 5.28. The Morgan fingerprint density at radius 3 is 2.69 bits per heavy atom. The number of fused-ring (bicyclic) bond motifs is 1. The van der Waals surface area contributed by atoms with Crippen molar-refractivity contribution in [2.45, 2.75) is 25.9 Å². The highest BCUT2D eigenvalue weighted by Crippen LogP contribution is 2.45. The number of nitriles is 1. The highest BCUT2D eigenvalue weighted by molar-refractivity contribution is 5.79. The van der Waals surface area contributed by atoms with E-state index in [2.05, 4.69) is 0 Å². The number of ether oxygens (including phenoxy) is 1. The first-order valence-corrected chi connectivity index (χ1v) is 11.6. The van der Waals surface area contributed by atoms with Gasteiger partial charge in [0.05, 0.1) is 30.2 Å². The minimum atomic E-state index is -4.63. The van der Waals surface area contributed by atoms with Crippen LogP contribution in [0.2, 0.25) is 0 Å². The molecule has 9 heteroatoms. The fraction of sp³-hybridized carbons (Fsp3) is 0.462. The maximum absolute atomic E-state index is 14.1. The van der Waals surface area contributed by atoms with Crippen LogP contribution in [0, 0.1) is 28.5 Å². The minimum absolute atomic E-state index is 0.0453. The summed E-state index contributed by atoms with van der Waals surface area (Å²) in [7, 11) is 0. The van der Waals surface area contributed by atoms with Gasteiger partial charge >= 0.3 is 6.18 Å². The molecule has 2 aliphatic rings. The van der Waals surface area contributed by atoms with Gasteiger partial charge in [-0.3, -0.25) is 4.79 Å². The molecule has 5 nitrogen and oxygen atoms in total. The van der Waals surface area contributed by atoms with Crippen molar-refractivity contribution < 1.29 is 27.1 Å². The molecule has 2 saturated heterocycles. The quantitative estimate of drug-likeness (QED) is 0.555. The second kappa shape index (κ2) is 9.86. The van der Waals surface area contributed by atoms with Crippen molar-refractivity contribution in [3.05, 3.63) is 65.0 Å². The van der Waals surface area contributed by atoms with Gasteiger partial charge in [0.25, 0.3) is 0 Å². The molecule has 0 radical (unpaired) electrons. The molecule has 4 rings (SSSR count). The number of hydrogen-bond donors (Lipinski definition) is 0. The Labute approximate surface area is 201 Å². The highest BCUT2D eigenvalue weighted by atomic mass is 19.4. The van der Waals surface area contributed by atoms with E-state index >= 15 is 0 Å². The van der Waals surface area contributed by atoms with Crippen LogP contribution in [-0.4, -0.2) is 50.2 Å². The summed E-state index contributed by atoms with van der Waals surface area (Å²) < 4.78 is 60.5. The van der Waals surface area contributed by atoms with Gasteiger partial charge in [-0.1, -0.05) is 18.2 Å². The summed E-state index contributed by atoms with van der Waals surface area (Å²) >= 11 is 0. The van der Waals surface area contributed by atoms with Gasteiger partial charge in [-0.25, -0.2) is 4.39 Å². The molecule has 0 aliphatic carbocycles. The molecule has 2 atom stereocenters. The maximum Gasteiger partial charge on any atom is 0.417 e. The summed E-state index contributed by atoms with van der Waals surface area (Å²) in [5, 5.41) is 9.11. The number of carbonyl (C=O) groups excluding carboxylic acids is 1. The number of likely N-dealkylation sites (tertiary alicyclic amines) is 1. The molecule has 2 aliphatic heterocycles. The van der Waals surface area contributed by atoms with E-state index in [1.165, 1.54) is 12.1 Å². The first kappa shape index (κ1) is 25.0. The van der Waals surface area contributed by atoms with Gasteiger partial charge in [0.2, 0.25) is 5.91 Å². The smallest absolute Gasteiger partial charge is 0.381 e. The Morgan fingerprint density at radius 2 is 2.00 bits per heavy atom. The van der Waals surface area contributed by atoms with Crippen LogP contribution in [0.3, 0.4) is 0 Å². The number of rotatable bonds is 6. The number of hydrogen-bond acceptors (Lipinski definition) is 4. The lowest BCUT2D eigenvalue weighted by molar-refractivity contribution is -0.138. The van der Waals surface area contributed by atoms with Crippen LogP contribution >= 0.6 is 0 Å². The van der Waals surface area contributed by atoms with E-state index in [0.717, 1.165) is 6.07 Å². The number of benzene rings is 2. The molecule has 2 aromatic carbocycles. The molecule has 0 saturated carbocycles. The Balaban J connectivity index is 1.57. The molecule has 2 aromatic rings. The average molecular weight is 490 g/mol. The van der Waals surface area contributed by atoms with Crippen LogP contribution in [0.5, 0.6) is 0 Å². The lowest BCUT2D eigenvalue weighted by atomic mass is 9.73. The molecule has 2 heterocycles. The van der Waals surface area contributed by atoms with E-state index in [1.54, 1.807) is 35.2 Å². The molecule has 0 unspecified atom stereocenters. The van der Waals surface area contributed by atoms with Gasteiger partial charge in [-0.2, -0.15) is 18.4 Å². The zero-order valence-electron chi connectivity index (χ0n) is 19.4. The lowest BCUT2D eigenvalue weighted by Crippen LogP contribution is -2.53. The van der Waals surface area contributed by atoms with Crippen LogP contribution in [0.15, 0.2) is 42.5 Å². The zero-order valence-corrected chi connectivity index (χ0v) is 19.4. The van der Waals surface area contributed by atoms with E-state index in [1.807, 2.05) is 11.8 Å². The second-order valence-electron chi connectivity index (χ2n) is 9.29. The van der Waals surface area contributed by atoms with E-state index < -0.39 is 28.5 Å². The normalized spacial score (nSPS) is 22.1. The highest BCUT2D eigenvalue weighted by Gasteiger charge is 2.51. The second-order valence-corrected chi connectivity index (χ2v) is 9.29. The number of amides is 1. The Kier molecular flexibility index (Phi) is 7.04. The standard InChI is InChI=1S/C26H27F4N3O2/c1-2-35-17-25-15-32(24(34)11-18-5-3-4-6-23(18)27)10-9-20(25)14-33(16-25)21-8-7-19(13-31)22(12-21)26(28,29)30/h3-8,12,20H,2,9-11,14-17H2,1H3/t20-,25+/m0/s1. The Morgan fingerprint density at radius 1 is 1.23 bits per heavy atom. The Bertz CT molecular complexity index is 1130. The summed E-state index contributed by atoms with van der Waals surface area (Å²) in [6.07, 6.45) is -4.00. The summed E-state index contributed by atoms with van der Waals surface area (Å²) in [4.78, 5) is 16.7. The predicted molar refractivity (Wildman–Crippen MR) is 122 cm³/mol. The number of halogens is 4. The first-order valence-electron chi connectivity index (χ1n) is 11.6. The SMILES string of the molecule is CCOC[C@]12CN(C(=O)Cc3ccccc3F)CC[C@H]1CN(c1ccc(C#N)c(C(F)(F)F)c1)C2. The molecular weight excluding hydrogens is 462 g/mol. The van der Waals surface area contributed by atoms with Crippen molar-refractivity contribution in [2.24, 2.45) is 11.3 Å². The number of alkyl halides is 3. The molecule has 2 fully saturated rings. The molecule has 186 valence electrons. The summed E-state index contributed by atoms with van der Waals surface area (Å²) in [5.74, 6) is -0.481. The molecule has 0 aromatic heterocycles. The minimum Gasteiger partial charge on any atom is -0.381 e. The van der Waals surface area contributed by atoms with Crippen LogP contribution < -0.4 is 4.90 Å². The lowest BCUT2D eigenvalue weighted by Gasteiger charge is -2.44. The first-order chi connectivity index (χ1) is 16.7. The monoisotopic (exact) mass is 489 g/mol. The molecule has 0 N–H and O–H groups in total.